The summed E-state index contributed by atoms with van der Waals surface area (Å²) in [7, 11) is 0. The van der Waals surface area contributed by atoms with Gasteiger partial charge in [-0.25, -0.2) is 9.78 Å². The number of rotatable bonds is 3. The molecule has 116 valence electrons. The molecule has 3 atom stereocenters. The van der Waals surface area contributed by atoms with Crippen molar-refractivity contribution < 1.29 is 4.79 Å². The molecule has 1 aromatic heterocycles. The lowest BCUT2D eigenvalue weighted by molar-refractivity contribution is 0.175. The first-order chi connectivity index (χ1) is 10.1. The Bertz CT molecular complexity index is 515. The van der Waals surface area contributed by atoms with Gasteiger partial charge in [0.15, 0.2) is 0 Å². The van der Waals surface area contributed by atoms with E-state index < -0.39 is 0 Å². The highest BCUT2D eigenvalue weighted by molar-refractivity contribution is 8.00. The number of amides is 2. The second kappa shape index (κ2) is 6.16. The van der Waals surface area contributed by atoms with Crippen LogP contribution in [0.3, 0.4) is 0 Å². The maximum Gasteiger partial charge on any atom is 0.318 e. The molecule has 0 radical (unpaired) electrons. The van der Waals surface area contributed by atoms with E-state index in [4.69, 9.17) is 0 Å². The van der Waals surface area contributed by atoms with Crippen molar-refractivity contribution in [3.63, 3.8) is 0 Å². The molecule has 1 saturated carbocycles. The van der Waals surface area contributed by atoms with Gasteiger partial charge in [0.2, 0.25) is 0 Å². The number of carbonyl (C=O) groups is 1. The van der Waals surface area contributed by atoms with Crippen LogP contribution >= 0.6 is 23.1 Å². The predicted octanol–water partition coefficient (Wildman–Crippen LogP) is 3.44. The first-order valence-corrected chi connectivity index (χ1v) is 9.54. The summed E-state index contributed by atoms with van der Waals surface area (Å²) >= 11 is 3.66. The quantitative estimate of drug-likeness (QED) is 0.926. The van der Waals surface area contributed by atoms with Crippen LogP contribution < -0.4 is 5.32 Å². The zero-order chi connectivity index (χ0) is 15.0. The molecule has 2 aliphatic rings. The highest BCUT2D eigenvalue weighted by atomic mass is 32.2. The molecule has 3 rings (SSSR count). The largest absolute Gasteiger partial charge is 0.328 e. The van der Waals surface area contributed by atoms with E-state index in [-0.39, 0.29) is 12.1 Å². The highest BCUT2D eigenvalue weighted by Gasteiger charge is 2.37. The summed E-state index contributed by atoms with van der Waals surface area (Å²) < 4.78 is 0. The monoisotopic (exact) mass is 325 g/mol. The molecule has 1 saturated heterocycles. The van der Waals surface area contributed by atoms with Crippen LogP contribution in [0.5, 0.6) is 0 Å². The van der Waals surface area contributed by atoms with Crippen molar-refractivity contribution in [1.82, 2.24) is 15.2 Å². The summed E-state index contributed by atoms with van der Waals surface area (Å²) in [6, 6.07) is 0.481. The number of hydrogen-bond donors (Lipinski definition) is 1. The summed E-state index contributed by atoms with van der Waals surface area (Å²) in [4.78, 5) is 20.4. The van der Waals surface area contributed by atoms with Gasteiger partial charge in [0.05, 0.1) is 6.04 Å². The van der Waals surface area contributed by atoms with Crippen molar-refractivity contribution >= 4 is 29.1 Å². The van der Waals surface area contributed by atoms with Gasteiger partial charge < -0.3 is 10.2 Å². The standard InChI is InChI=1S/C15H23N3OS2/c1-9-8-16-14(21-9)13(12-4-5-12)17-15(19)18-6-7-20-11(3)10(18)2/h8,10-13H,4-7H2,1-3H3,(H,17,19)/t10-,11-,13-/m1/s1. The topological polar surface area (TPSA) is 45.2 Å². The molecule has 0 bridgehead atoms. The Morgan fingerprint density at radius 1 is 1.48 bits per heavy atom. The maximum atomic E-state index is 12.7. The van der Waals surface area contributed by atoms with Gasteiger partial charge in [-0.3, -0.25) is 0 Å². The molecule has 6 heteroatoms. The fraction of sp³-hybridized carbons (Fsp3) is 0.733. The zero-order valence-electron chi connectivity index (χ0n) is 12.8. The van der Waals surface area contributed by atoms with Crippen LogP contribution in [0.4, 0.5) is 4.79 Å². The lowest BCUT2D eigenvalue weighted by Crippen LogP contribution is -2.52. The van der Waals surface area contributed by atoms with E-state index in [0.717, 1.165) is 17.3 Å². The lowest BCUT2D eigenvalue weighted by Gasteiger charge is -2.38. The van der Waals surface area contributed by atoms with E-state index >= 15 is 0 Å². The van der Waals surface area contributed by atoms with Crippen LogP contribution in [0.15, 0.2) is 6.20 Å². The van der Waals surface area contributed by atoms with Crippen LogP contribution in [-0.4, -0.2) is 39.5 Å². The van der Waals surface area contributed by atoms with Crippen LogP contribution in [0.2, 0.25) is 0 Å². The molecule has 2 fully saturated rings. The number of carbonyl (C=O) groups excluding carboxylic acids is 1. The van der Waals surface area contributed by atoms with Gasteiger partial charge in [0.25, 0.3) is 0 Å². The number of hydrogen-bond acceptors (Lipinski definition) is 4. The molecule has 0 aromatic carbocycles. The van der Waals surface area contributed by atoms with E-state index in [0.29, 0.717) is 17.2 Å². The second-order valence-corrected chi connectivity index (χ2v) is 8.84. The third-order valence-electron chi connectivity index (χ3n) is 4.42. The van der Waals surface area contributed by atoms with E-state index in [1.54, 1.807) is 11.3 Å². The molecule has 0 unspecified atom stereocenters. The lowest BCUT2D eigenvalue weighted by atomic mass is 10.2. The summed E-state index contributed by atoms with van der Waals surface area (Å²) in [5.41, 5.74) is 0. The van der Waals surface area contributed by atoms with E-state index in [1.165, 1.54) is 17.7 Å². The van der Waals surface area contributed by atoms with Gasteiger partial charge >= 0.3 is 6.03 Å². The van der Waals surface area contributed by atoms with Crippen molar-refractivity contribution in [2.24, 2.45) is 5.92 Å². The van der Waals surface area contributed by atoms with Crippen LogP contribution in [0, 0.1) is 12.8 Å². The average molecular weight is 326 g/mol. The Morgan fingerprint density at radius 3 is 2.86 bits per heavy atom. The molecule has 2 heterocycles. The number of thioether (sulfide) groups is 1. The molecule has 4 nitrogen and oxygen atoms in total. The third kappa shape index (κ3) is 3.37. The SMILES string of the molecule is Cc1cnc([C@H](NC(=O)N2CCS[C@H](C)[C@H]2C)C2CC2)s1. The number of aromatic nitrogens is 1. The summed E-state index contributed by atoms with van der Waals surface area (Å²) in [6.07, 6.45) is 4.31. The van der Waals surface area contributed by atoms with E-state index in [2.05, 4.69) is 31.1 Å². The molecule has 0 spiro atoms. The van der Waals surface area contributed by atoms with Gasteiger partial charge in [0, 0.05) is 34.7 Å². The molecular formula is C15H23N3OS2. The van der Waals surface area contributed by atoms with E-state index in [1.807, 2.05) is 22.9 Å². The predicted molar refractivity (Wildman–Crippen MR) is 88.9 cm³/mol. The van der Waals surface area contributed by atoms with Crippen LogP contribution in [0.25, 0.3) is 0 Å². The Morgan fingerprint density at radius 2 is 2.24 bits per heavy atom. The number of nitrogens with one attached hydrogen (secondary N) is 1. The molecule has 1 aliphatic heterocycles. The van der Waals surface area contributed by atoms with Crippen molar-refractivity contribution in [2.75, 3.05) is 12.3 Å². The molecule has 1 aliphatic carbocycles. The summed E-state index contributed by atoms with van der Waals surface area (Å²) in [6.45, 7) is 7.27. The Balaban J connectivity index is 1.69. The van der Waals surface area contributed by atoms with Gasteiger partial charge in [0.1, 0.15) is 5.01 Å². The second-order valence-electron chi connectivity index (χ2n) is 6.08. The van der Waals surface area contributed by atoms with E-state index in [9.17, 15) is 4.79 Å². The van der Waals surface area contributed by atoms with Crippen molar-refractivity contribution in [3.8, 4) is 0 Å². The van der Waals surface area contributed by atoms with Crippen molar-refractivity contribution in [3.05, 3.63) is 16.1 Å². The van der Waals surface area contributed by atoms with Crippen LogP contribution in [-0.2, 0) is 0 Å². The van der Waals surface area contributed by atoms with Gasteiger partial charge in [-0.1, -0.05) is 6.92 Å². The molecule has 2 amide bonds. The fourth-order valence-electron chi connectivity index (χ4n) is 2.76. The summed E-state index contributed by atoms with van der Waals surface area (Å²) in [5.74, 6) is 1.61. The minimum atomic E-state index is 0.0828. The normalized spacial score (nSPS) is 27.5. The minimum Gasteiger partial charge on any atom is -0.328 e. The molecule has 21 heavy (non-hydrogen) atoms. The fourth-order valence-corrected chi connectivity index (χ4v) is 4.78. The Kier molecular flexibility index (Phi) is 4.45. The smallest absolute Gasteiger partial charge is 0.318 e. The Hall–Kier alpha value is -0.750. The number of urea groups is 1. The van der Waals surface area contributed by atoms with Gasteiger partial charge in [-0.15, -0.1) is 11.3 Å². The maximum absolute atomic E-state index is 12.7. The average Bonchev–Trinajstić information content (AvgIpc) is 3.20. The van der Waals surface area contributed by atoms with Crippen molar-refractivity contribution in [2.45, 2.75) is 50.9 Å². The number of thiazole rings is 1. The van der Waals surface area contributed by atoms with Gasteiger partial charge in [-0.05, 0) is 32.6 Å². The van der Waals surface area contributed by atoms with Gasteiger partial charge in [-0.2, -0.15) is 11.8 Å². The molecule has 1 N–H and O–H groups in total. The Labute approximate surface area is 134 Å². The minimum absolute atomic E-state index is 0.0828. The van der Waals surface area contributed by atoms with Crippen LogP contribution in [0.1, 0.15) is 42.6 Å². The first-order valence-electron chi connectivity index (χ1n) is 7.67. The summed E-state index contributed by atoms with van der Waals surface area (Å²) in [5, 5.41) is 4.83. The molecular weight excluding hydrogens is 302 g/mol. The zero-order valence-corrected chi connectivity index (χ0v) is 14.5. The first kappa shape index (κ1) is 15.2. The van der Waals surface area contributed by atoms with Crippen molar-refractivity contribution in [1.29, 1.82) is 0 Å². The third-order valence-corrected chi connectivity index (χ3v) is 6.76. The molecule has 1 aromatic rings. The number of nitrogens with zero attached hydrogens (tertiary/aromatic N) is 2. The number of aryl methyl sites for hydroxylation is 1. The highest BCUT2D eigenvalue weighted by Crippen LogP contribution is 2.42.